The number of rotatable bonds is 5. The molecule has 2 aliphatic rings. The Morgan fingerprint density at radius 3 is 2.43 bits per heavy atom. The van der Waals surface area contributed by atoms with Crippen LogP contribution in [0.5, 0.6) is 0 Å². The Balaban J connectivity index is 1.61. The van der Waals surface area contributed by atoms with Gasteiger partial charge in [0.1, 0.15) is 11.6 Å². The van der Waals surface area contributed by atoms with Crippen LogP contribution < -0.4 is 0 Å². The zero-order valence-electron chi connectivity index (χ0n) is 15.4. The Hall–Kier alpha value is -1.87. The molecular formula is C20H22F2N2O3S. The van der Waals surface area contributed by atoms with Gasteiger partial charge in [0.15, 0.2) is 0 Å². The Kier molecular flexibility index (Phi) is 4.78. The summed E-state index contributed by atoms with van der Waals surface area (Å²) in [4.78, 5) is 1.90. The van der Waals surface area contributed by atoms with Gasteiger partial charge in [-0.2, -0.15) is 4.31 Å². The number of sulfonamides is 1. The molecule has 0 aromatic heterocycles. The maximum atomic E-state index is 14.0. The average Bonchev–Trinajstić information content (AvgIpc) is 2.59. The second-order valence-electron chi connectivity index (χ2n) is 7.68. The van der Waals surface area contributed by atoms with Crippen LogP contribution in [-0.2, 0) is 16.6 Å². The van der Waals surface area contributed by atoms with Crippen LogP contribution in [0.4, 0.5) is 8.78 Å². The van der Waals surface area contributed by atoms with Gasteiger partial charge < -0.3 is 5.11 Å². The SMILES string of the molecule is CS(=O)(=O)N1[C@@H](CO)[C@@H](c2ccccc2)C12CN(Cc1cc(F)ccc1F)C2. The minimum Gasteiger partial charge on any atom is -0.395 e. The molecule has 1 N–H and O–H groups in total. The number of hydrogen-bond acceptors (Lipinski definition) is 4. The van der Waals surface area contributed by atoms with Gasteiger partial charge in [-0.1, -0.05) is 30.3 Å². The Labute approximate surface area is 163 Å². The number of aliphatic hydroxyl groups is 1. The summed E-state index contributed by atoms with van der Waals surface area (Å²) >= 11 is 0. The zero-order valence-corrected chi connectivity index (χ0v) is 16.2. The maximum Gasteiger partial charge on any atom is 0.212 e. The summed E-state index contributed by atoms with van der Waals surface area (Å²) in [5.41, 5.74) is 0.541. The molecule has 2 atom stereocenters. The van der Waals surface area contributed by atoms with Gasteiger partial charge in [-0.15, -0.1) is 0 Å². The molecule has 2 saturated heterocycles. The second-order valence-corrected chi connectivity index (χ2v) is 9.54. The van der Waals surface area contributed by atoms with Crippen molar-refractivity contribution in [3.63, 3.8) is 0 Å². The monoisotopic (exact) mass is 408 g/mol. The first-order valence-corrected chi connectivity index (χ1v) is 10.9. The van der Waals surface area contributed by atoms with Crippen LogP contribution in [0.1, 0.15) is 17.0 Å². The van der Waals surface area contributed by atoms with Crippen LogP contribution in [-0.4, -0.2) is 60.3 Å². The molecule has 5 nitrogen and oxygen atoms in total. The summed E-state index contributed by atoms with van der Waals surface area (Å²) < 4.78 is 53.7. The lowest BCUT2D eigenvalue weighted by molar-refractivity contribution is -0.144. The lowest BCUT2D eigenvalue weighted by Crippen LogP contribution is -2.85. The molecule has 0 aliphatic carbocycles. The van der Waals surface area contributed by atoms with Gasteiger partial charge in [-0.05, 0) is 23.8 Å². The molecule has 2 aromatic carbocycles. The summed E-state index contributed by atoms with van der Waals surface area (Å²) in [6.45, 7) is 0.722. The van der Waals surface area contributed by atoms with Crippen molar-refractivity contribution in [3.05, 3.63) is 71.3 Å². The van der Waals surface area contributed by atoms with Crippen LogP contribution in [0.2, 0.25) is 0 Å². The van der Waals surface area contributed by atoms with Gasteiger partial charge in [-0.25, -0.2) is 17.2 Å². The third kappa shape index (κ3) is 3.04. The molecule has 0 bridgehead atoms. The summed E-state index contributed by atoms with van der Waals surface area (Å²) in [6, 6.07) is 12.3. The Morgan fingerprint density at radius 1 is 1.14 bits per heavy atom. The number of nitrogens with zero attached hydrogens (tertiary/aromatic N) is 2. The van der Waals surface area contributed by atoms with E-state index in [0.29, 0.717) is 13.1 Å². The molecule has 150 valence electrons. The van der Waals surface area contributed by atoms with Crippen molar-refractivity contribution in [3.8, 4) is 0 Å². The normalized spacial score (nSPS) is 24.7. The lowest BCUT2D eigenvalue weighted by atomic mass is 9.63. The van der Waals surface area contributed by atoms with Gasteiger partial charge in [0, 0.05) is 31.1 Å². The highest BCUT2D eigenvalue weighted by atomic mass is 32.2. The van der Waals surface area contributed by atoms with Gasteiger partial charge in [0.25, 0.3) is 0 Å². The highest BCUT2D eigenvalue weighted by molar-refractivity contribution is 7.88. The van der Waals surface area contributed by atoms with Crippen LogP contribution in [0.3, 0.4) is 0 Å². The third-order valence-electron chi connectivity index (χ3n) is 5.80. The third-order valence-corrected chi connectivity index (χ3v) is 7.15. The molecule has 0 amide bonds. The first-order chi connectivity index (χ1) is 13.3. The summed E-state index contributed by atoms with van der Waals surface area (Å²) in [5, 5.41) is 9.86. The van der Waals surface area contributed by atoms with E-state index < -0.39 is 33.2 Å². The largest absolute Gasteiger partial charge is 0.395 e. The predicted molar refractivity (Wildman–Crippen MR) is 101 cm³/mol. The van der Waals surface area contributed by atoms with E-state index in [1.165, 1.54) is 10.4 Å². The molecule has 1 spiro atoms. The zero-order chi connectivity index (χ0) is 20.1. The van der Waals surface area contributed by atoms with E-state index in [9.17, 15) is 22.3 Å². The van der Waals surface area contributed by atoms with Gasteiger partial charge in [0.05, 0.1) is 24.4 Å². The fraction of sp³-hybridized carbons (Fsp3) is 0.400. The van der Waals surface area contributed by atoms with E-state index in [0.717, 1.165) is 24.0 Å². The molecule has 0 unspecified atom stereocenters. The van der Waals surface area contributed by atoms with Gasteiger partial charge in [-0.3, -0.25) is 4.90 Å². The van der Waals surface area contributed by atoms with E-state index in [4.69, 9.17) is 0 Å². The standard InChI is InChI=1S/C20H22F2N2O3S/c1-28(26,27)24-18(11-25)19(14-5-3-2-4-6-14)20(24)12-23(13-20)10-15-9-16(21)7-8-17(15)22/h2-9,18-19,25H,10-13H2,1H3/t18-,19+/m0/s1. The highest BCUT2D eigenvalue weighted by Gasteiger charge is 2.68. The lowest BCUT2D eigenvalue weighted by Gasteiger charge is -2.69. The van der Waals surface area contributed by atoms with Crippen molar-refractivity contribution in [2.75, 3.05) is 26.0 Å². The molecule has 4 rings (SSSR count). The quantitative estimate of drug-likeness (QED) is 0.822. The summed E-state index contributed by atoms with van der Waals surface area (Å²) in [5.74, 6) is -1.14. The molecule has 2 heterocycles. The first-order valence-electron chi connectivity index (χ1n) is 9.08. The van der Waals surface area contributed by atoms with E-state index in [1.807, 2.05) is 35.2 Å². The van der Waals surface area contributed by atoms with Crippen molar-refractivity contribution in [1.29, 1.82) is 0 Å². The average molecular weight is 408 g/mol. The first kappa shape index (κ1) is 19.4. The van der Waals surface area contributed by atoms with Crippen LogP contribution in [0, 0.1) is 11.6 Å². The number of benzene rings is 2. The topological polar surface area (TPSA) is 60.9 Å². The minimum atomic E-state index is -3.54. The smallest absolute Gasteiger partial charge is 0.212 e. The molecule has 2 aliphatic heterocycles. The van der Waals surface area contributed by atoms with E-state index in [2.05, 4.69) is 0 Å². The van der Waals surface area contributed by atoms with Crippen LogP contribution in [0.15, 0.2) is 48.5 Å². The predicted octanol–water partition coefficient (Wildman–Crippen LogP) is 1.94. The van der Waals surface area contributed by atoms with Crippen molar-refractivity contribution >= 4 is 10.0 Å². The van der Waals surface area contributed by atoms with Crippen molar-refractivity contribution in [2.45, 2.75) is 24.0 Å². The maximum absolute atomic E-state index is 14.0. The summed E-state index contributed by atoms with van der Waals surface area (Å²) in [6.07, 6.45) is 1.15. The molecule has 2 fully saturated rings. The molecule has 2 aromatic rings. The fourth-order valence-corrected chi connectivity index (χ4v) is 6.48. The molecular weight excluding hydrogens is 386 g/mol. The molecule has 28 heavy (non-hydrogen) atoms. The van der Waals surface area contributed by atoms with Crippen LogP contribution >= 0.6 is 0 Å². The highest BCUT2D eigenvalue weighted by Crippen LogP contribution is 2.55. The fourth-order valence-electron chi connectivity index (χ4n) is 4.91. The van der Waals surface area contributed by atoms with Gasteiger partial charge in [0.2, 0.25) is 10.0 Å². The van der Waals surface area contributed by atoms with Crippen molar-refractivity contribution < 1.29 is 22.3 Å². The van der Waals surface area contributed by atoms with Crippen LogP contribution in [0.25, 0.3) is 0 Å². The number of likely N-dealkylation sites (tertiary alicyclic amines) is 1. The van der Waals surface area contributed by atoms with E-state index >= 15 is 0 Å². The number of hydrogen-bond donors (Lipinski definition) is 1. The second kappa shape index (κ2) is 6.88. The van der Waals surface area contributed by atoms with Gasteiger partial charge >= 0.3 is 0 Å². The number of aliphatic hydroxyl groups excluding tert-OH is 1. The molecule has 0 saturated carbocycles. The number of halogens is 2. The van der Waals surface area contributed by atoms with E-state index in [1.54, 1.807) is 0 Å². The van der Waals surface area contributed by atoms with Crippen molar-refractivity contribution in [1.82, 2.24) is 9.21 Å². The minimum absolute atomic E-state index is 0.151. The molecule has 0 radical (unpaired) electrons. The molecule has 8 heteroatoms. The van der Waals surface area contributed by atoms with Crippen molar-refractivity contribution in [2.24, 2.45) is 0 Å². The summed E-state index contributed by atoms with van der Waals surface area (Å²) in [7, 11) is -3.54. The van der Waals surface area contributed by atoms with E-state index in [-0.39, 0.29) is 24.6 Å². The Morgan fingerprint density at radius 2 is 1.82 bits per heavy atom. The Bertz CT molecular complexity index is 978.